The van der Waals surface area contributed by atoms with Crippen molar-refractivity contribution in [3.05, 3.63) is 46.4 Å². The number of aromatic nitrogens is 1. The number of anilines is 1. The number of urea groups is 1. The van der Waals surface area contributed by atoms with Crippen LogP contribution >= 0.6 is 22.9 Å². The topological polar surface area (TPSA) is 48.5 Å². The smallest absolute Gasteiger partial charge is 0.317 e. The Hall–Kier alpha value is -1.79. The van der Waals surface area contributed by atoms with Crippen LogP contribution in [0.15, 0.2) is 35.8 Å². The maximum atomic E-state index is 12.5. The number of amides is 2. The van der Waals surface area contributed by atoms with E-state index < -0.39 is 0 Å². The highest BCUT2D eigenvalue weighted by molar-refractivity contribution is 7.13. The fourth-order valence-corrected chi connectivity index (χ4v) is 3.71. The lowest BCUT2D eigenvalue weighted by molar-refractivity contribution is 0.192. The molecular weight excluding hydrogens is 356 g/mol. The van der Waals surface area contributed by atoms with Crippen molar-refractivity contribution < 1.29 is 4.79 Å². The summed E-state index contributed by atoms with van der Waals surface area (Å²) in [5.41, 5.74) is 1.01. The second-order valence-electron chi connectivity index (χ2n) is 6.84. The van der Waals surface area contributed by atoms with Crippen LogP contribution < -0.4 is 10.2 Å². The molecule has 134 valence electrons. The largest absolute Gasteiger partial charge is 0.345 e. The Morgan fingerprint density at radius 1 is 1.24 bits per heavy atom. The lowest BCUT2D eigenvalue weighted by Gasteiger charge is -2.35. The number of carbonyl (C=O) groups is 1. The Labute approximate surface area is 157 Å². The molecule has 0 bridgehead atoms. The van der Waals surface area contributed by atoms with Gasteiger partial charge in [0.1, 0.15) is 0 Å². The number of hydrogen-bond acceptors (Lipinski definition) is 4. The zero-order valence-corrected chi connectivity index (χ0v) is 16.1. The molecule has 0 spiro atoms. The van der Waals surface area contributed by atoms with Gasteiger partial charge in [-0.25, -0.2) is 9.78 Å². The zero-order valence-electron chi connectivity index (χ0n) is 14.5. The summed E-state index contributed by atoms with van der Waals surface area (Å²) in [4.78, 5) is 20.9. The molecule has 0 atom stereocenters. The van der Waals surface area contributed by atoms with Crippen molar-refractivity contribution >= 4 is 34.1 Å². The number of benzene rings is 1. The highest BCUT2D eigenvalue weighted by Crippen LogP contribution is 2.24. The van der Waals surface area contributed by atoms with Gasteiger partial charge in [0.2, 0.25) is 0 Å². The van der Waals surface area contributed by atoms with Crippen molar-refractivity contribution in [2.24, 2.45) is 0 Å². The Morgan fingerprint density at radius 3 is 2.52 bits per heavy atom. The van der Waals surface area contributed by atoms with Crippen LogP contribution in [0.5, 0.6) is 0 Å². The highest BCUT2D eigenvalue weighted by Gasteiger charge is 2.25. The molecule has 1 fully saturated rings. The predicted octanol–water partition coefficient (Wildman–Crippen LogP) is 3.61. The molecule has 2 aromatic rings. The molecule has 1 aromatic carbocycles. The number of carbonyl (C=O) groups excluding carboxylic acids is 1. The molecule has 0 saturated carbocycles. The molecule has 7 heteroatoms. The van der Waals surface area contributed by atoms with Crippen LogP contribution in [0, 0.1) is 0 Å². The molecule has 1 aliphatic rings. The minimum Gasteiger partial charge on any atom is -0.345 e. The minimum atomic E-state index is -0.150. The van der Waals surface area contributed by atoms with E-state index in [-0.39, 0.29) is 11.4 Å². The molecule has 0 radical (unpaired) electrons. The third kappa shape index (κ3) is 4.44. The molecular formula is C18H23ClN4OS. The first-order valence-corrected chi connectivity index (χ1v) is 9.65. The summed E-state index contributed by atoms with van der Waals surface area (Å²) in [6, 6.07) is 7.81. The average molecular weight is 379 g/mol. The van der Waals surface area contributed by atoms with Gasteiger partial charge in [0.05, 0.1) is 0 Å². The SMILES string of the molecule is CC(C)(CNC(=O)N1CCN(c2nccs2)CC1)c1ccc(Cl)cc1. The highest BCUT2D eigenvalue weighted by atomic mass is 35.5. The van der Waals surface area contributed by atoms with E-state index in [9.17, 15) is 4.79 Å². The van der Waals surface area contributed by atoms with E-state index in [1.165, 1.54) is 0 Å². The van der Waals surface area contributed by atoms with Gasteiger partial charge in [-0.1, -0.05) is 37.6 Å². The Morgan fingerprint density at radius 2 is 1.92 bits per heavy atom. The molecule has 2 heterocycles. The first kappa shape index (κ1) is 18.0. The van der Waals surface area contributed by atoms with E-state index in [2.05, 4.69) is 29.0 Å². The van der Waals surface area contributed by atoms with Crippen molar-refractivity contribution in [3.8, 4) is 0 Å². The first-order valence-electron chi connectivity index (χ1n) is 8.39. The molecule has 0 unspecified atom stereocenters. The van der Waals surface area contributed by atoms with Crippen LogP contribution in [0.3, 0.4) is 0 Å². The van der Waals surface area contributed by atoms with Crippen molar-refractivity contribution in [2.75, 3.05) is 37.6 Å². The second kappa shape index (κ2) is 7.62. The van der Waals surface area contributed by atoms with Crippen LogP contribution in [0.1, 0.15) is 19.4 Å². The van der Waals surface area contributed by atoms with E-state index >= 15 is 0 Å². The second-order valence-corrected chi connectivity index (χ2v) is 8.15. The lowest BCUT2D eigenvalue weighted by Crippen LogP contribution is -2.53. The fourth-order valence-electron chi connectivity index (χ4n) is 2.88. The number of thiazole rings is 1. The summed E-state index contributed by atoms with van der Waals surface area (Å²) in [7, 11) is 0. The van der Waals surface area contributed by atoms with Crippen LogP contribution in [0.25, 0.3) is 0 Å². The van der Waals surface area contributed by atoms with Gasteiger partial charge >= 0.3 is 6.03 Å². The molecule has 5 nitrogen and oxygen atoms in total. The Kier molecular flexibility index (Phi) is 5.49. The van der Waals surface area contributed by atoms with E-state index in [1.54, 1.807) is 11.3 Å². The van der Waals surface area contributed by atoms with Gasteiger partial charge in [0.25, 0.3) is 0 Å². The molecule has 0 aliphatic carbocycles. The van der Waals surface area contributed by atoms with Crippen LogP contribution in [-0.2, 0) is 5.41 Å². The average Bonchev–Trinajstić information content (AvgIpc) is 3.15. The van der Waals surface area contributed by atoms with Gasteiger partial charge in [-0.3, -0.25) is 0 Å². The third-order valence-corrected chi connectivity index (χ3v) is 5.65. The lowest BCUT2D eigenvalue weighted by atomic mass is 9.85. The number of hydrogen-bond donors (Lipinski definition) is 1. The molecule has 1 N–H and O–H groups in total. The van der Waals surface area contributed by atoms with Crippen molar-refractivity contribution in [1.29, 1.82) is 0 Å². The van der Waals surface area contributed by atoms with Crippen LogP contribution in [0.2, 0.25) is 5.02 Å². The van der Waals surface area contributed by atoms with Gasteiger partial charge in [0.15, 0.2) is 5.13 Å². The minimum absolute atomic E-state index is 0.000766. The van der Waals surface area contributed by atoms with Gasteiger partial charge in [-0.05, 0) is 17.7 Å². The molecule has 3 rings (SSSR count). The summed E-state index contributed by atoms with van der Waals surface area (Å²) < 4.78 is 0. The summed E-state index contributed by atoms with van der Waals surface area (Å²) in [6.45, 7) is 7.90. The normalized spacial score (nSPS) is 15.3. The molecule has 1 saturated heterocycles. The number of nitrogens with one attached hydrogen (secondary N) is 1. The van der Waals surface area contributed by atoms with Gasteiger partial charge in [-0.15, -0.1) is 11.3 Å². The maximum Gasteiger partial charge on any atom is 0.317 e. The van der Waals surface area contributed by atoms with E-state index in [0.717, 1.165) is 28.8 Å². The summed E-state index contributed by atoms with van der Waals surface area (Å²) in [5, 5.41) is 6.81. The Balaban J connectivity index is 1.50. The van der Waals surface area contributed by atoms with E-state index in [4.69, 9.17) is 11.6 Å². The van der Waals surface area contributed by atoms with Crippen molar-refractivity contribution in [1.82, 2.24) is 15.2 Å². The molecule has 25 heavy (non-hydrogen) atoms. The maximum absolute atomic E-state index is 12.5. The van der Waals surface area contributed by atoms with E-state index in [1.807, 2.05) is 40.7 Å². The predicted molar refractivity (Wildman–Crippen MR) is 104 cm³/mol. The first-order chi connectivity index (χ1) is 12.0. The third-order valence-electron chi connectivity index (χ3n) is 4.56. The Bertz CT molecular complexity index is 694. The van der Waals surface area contributed by atoms with Gasteiger partial charge in [-0.2, -0.15) is 0 Å². The van der Waals surface area contributed by atoms with Gasteiger partial charge in [0, 0.05) is 54.7 Å². The molecule has 1 aliphatic heterocycles. The quantitative estimate of drug-likeness (QED) is 0.884. The number of rotatable bonds is 4. The van der Waals surface area contributed by atoms with E-state index in [0.29, 0.717) is 19.6 Å². The number of piperazine rings is 1. The standard InChI is InChI=1S/C18H23ClN4OS/c1-18(2,14-3-5-15(19)6-4-14)13-21-16(24)22-8-10-23(11-9-22)17-20-7-12-25-17/h3-7,12H,8-11,13H2,1-2H3,(H,21,24). The fraction of sp³-hybridized carbons (Fsp3) is 0.444. The zero-order chi connectivity index (χ0) is 17.9. The molecule has 2 amide bonds. The van der Waals surface area contributed by atoms with Crippen molar-refractivity contribution in [3.63, 3.8) is 0 Å². The molecule has 1 aromatic heterocycles. The van der Waals surface area contributed by atoms with Crippen LogP contribution in [0.4, 0.5) is 9.93 Å². The summed E-state index contributed by atoms with van der Waals surface area (Å²) in [6.07, 6.45) is 1.82. The summed E-state index contributed by atoms with van der Waals surface area (Å²) in [5.74, 6) is 0. The summed E-state index contributed by atoms with van der Waals surface area (Å²) >= 11 is 7.59. The number of nitrogens with zero attached hydrogens (tertiary/aromatic N) is 3. The number of halogens is 1. The monoisotopic (exact) mass is 378 g/mol. The van der Waals surface area contributed by atoms with Gasteiger partial charge < -0.3 is 15.1 Å². The van der Waals surface area contributed by atoms with Crippen LogP contribution in [-0.4, -0.2) is 48.6 Å². The van der Waals surface area contributed by atoms with Crippen molar-refractivity contribution in [2.45, 2.75) is 19.3 Å².